The van der Waals surface area contributed by atoms with Gasteiger partial charge in [-0.2, -0.15) is 0 Å². The van der Waals surface area contributed by atoms with Gasteiger partial charge in [-0.1, -0.05) is 19.1 Å². The molecule has 0 spiro atoms. The molecule has 1 N–H and O–H groups in total. The number of nitrogens with zero attached hydrogens (tertiary/aromatic N) is 2. The van der Waals surface area contributed by atoms with Crippen molar-refractivity contribution in [3.05, 3.63) is 68.0 Å². The SMILES string of the molecule is CCCn1c(C)cc(C(=O)COC(=O)Cn2[nH]c(=O)c3ccccc3c2=O)c1C. The van der Waals surface area contributed by atoms with Gasteiger partial charge in [-0.15, -0.1) is 0 Å². The third kappa shape index (κ3) is 4.06. The van der Waals surface area contributed by atoms with Crippen molar-refractivity contribution in [1.29, 1.82) is 0 Å². The summed E-state index contributed by atoms with van der Waals surface area (Å²) in [6, 6.07) is 8.13. The zero-order chi connectivity index (χ0) is 21.1. The average molecular weight is 397 g/mol. The standard InChI is InChI=1S/C21H23N3O5/c1-4-9-23-13(2)10-17(14(23)3)18(25)12-29-19(26)11-24-21(28)16-8-6-5-7-15(16)20(27)22-24/h5-8,10H,4,9,11-12H2,1-3H3,(H,22,27). The molecule has 0 aliphatic carbocycles. The topological polar surface area (TPSA) is 103 Å². The molecule has 0 unspecified atom stereocenters. The Hall–Kier alpha value is -3.42. The van der Waals surface area contributed by atoms with Crippen LogP contribution in [0.4, 0.5) is 0 Å². The van der Waals surface area contributed by atoms with Crippen LogP contribution in [0.1, 0.15) is 35.1 Å². The van der Waals surface area contributed by atoms with Gasteiger partial charge < -0.3 is 9.30 Å². The number of benzene rings is 1. The Labute approximate surface area is 166 Å². The first-order valence-corrected chi connectivity index (χ1v) is 9.41. The minimum atomic E-state index is -0.784. The van der Waals surface area contributed by atoms with Gasteiger partial charge in [0.1, 0.15) is 6.54 Å². The van der Waals surface area contributed by atoms with Crippen molar-refractivity contribution in [1.82, 2.24) is 14.3 Å². The smallest absolute Gasteiger partial charge is 0.328 e. The summed E-state index contributed by atoms with van der Waals surface area (Å²) in [6.45, 7) is 5.73. The van der Waals surface area contributed by atoms with Gasteiger partial charge in [0.2, 0.25) is 5.78 Å². The van der Waals surface area contributed by atoms with Crippen molar-refractivity contribution < 1.29 is 14.3 Å². The van der Waals surface area contributed by atoms with Gasteiger partial charge in [-0.3, -0.25) is 24.3 Å². The quantitative estimate of drug-likeness (QED) is 0.485. The number of esters is 1. The highest BCUT2D eigenvalue weighted by Gasteiger charge is 2.18. The predicted octanol–water partition coefficient (Wildman–Crippen LogP) is 1.94. The Morgan fingerprint density at radius 1 is 1.10 bits per heavy atom. The number of carbonyl (C=O) groups excluding carboxylic acids is 2. The van der Waals surface area contributed by atoms with E-state index >= 15 is 0 Å². The molecule has 0 aliphatic rings. The number of hydrogen-bond donors (Lipinski definition) is 1. The highest BCUT2D eigenvalue weighted by Crippen LogP contribution is 2.16. The van der Waals surface area contributed by atoms with Gasteiger partial charge >= 0.3 is 5.97 Å². The van der Waals surface area contributed by atoms with Gasteiger partial charge in [-0.25, -0.2) is 4.68 Å². The number of hydrogen-bond acceptors (Lipinski definition) is 5. The van der Waals surface area contributed by atoms with Crippen LogP contribution in [0.3, 0.4) is 0 Å². The number of rotatable bonds is 7. The molecule has 2 heterocycles. The van der Waals surface area contributed by atoms with Gasteiger partial charge in [0.25, 0.3) is 11.1 Å². The molecule has 29 heavy (non-hydrogen) atoms. The van der Waals surface area contributed by atoms with E-state index in [1.54, 1.807) is 18.2 Å². The van der Waals surface area contributed by atoms with Gasteiger partial charge in [0.05, 0.1) is 10.8 Å². The number of carbonyl (C=O) groups is 2. The molecule has 0 bridgehead atoms. The number of fused-ring (bicyclic) bond motifs is 1. The minimum Gasteiger partial charge on any atom is -0.456 e. The summed E-state index contributed by atoms with van der Waals surface area (Å²) in [4.78, 5) is 49.1. The molecular weight excluding hydrogens is 374 g/mol. The zero-order valence-corrected chi connectivity index (χ0v) is 16.7. The lowest BCUT2D eigenvalue weighted by molar-refractivity contribution is -0.143. The molecular formula is C21H23N3O5. The maximum Gasteiger partial charge on any atom is 0.328 e. The summed E-state index contributed by atoms with van der Waals surface area (Å²) >= 11 is 0. The second-order valence-corrected chi connectivity index (χ2v) is 6.90. The molecule has 0 saturated heterocycles. The molecule has 0 saturated carbocycles. The molecule has 0 radical (unpaired) electrons. The summed E-state index contributed by atoms with van der Waals surface area (Å²) < 4.78 is 8.00. The van der Waals surface area contributed by atoms with Crippen LogP contribution in [0.2, 0.25) is 0 Å². The summed E-state index contributed by atoms with van der Waals surface area (Å²) in [5, 5.41) is 2.82. The number of aryl methyl sites for hydroxylation is 1. The number of Topliss-reactive ketones (excluding diaryl/α,β-unsaturated/α-hetero) is 1. The Bertz CT molecular complexity index is 1200. The van der Waals surface area contributed by atoms with Crippen molar-refractivity contribution in [2.75, 3.05) is 6.61 Å². The van der Waals surface area contributed by atoms with E-state index < -0.39 is 30.2 Å². The fraction of sp³-hybridized carbons (Fsp3) is 0.333. The predicted molar refractivity (Wildman–Crippen MR) is 108 cm³/mol. The van der Waals surface area contributed by atoms with Crippen molar-refractivity contribution in [3.63, 3.8) is 0 Å². The first-order chi connectivity index (χ1) is 13.8. The molecule has 0 aliphatic heterocycles. The summed E-state index contributed by atoms with van der Waals surface area (Å²) in [6.07, 6.45) is 0.942. The van der Waals surface area contributed by atoms with Crippen LogP contribution in [0, 0.1) is 13.8 Å². The van der Waals surface area contributed by atoms with Crippen molar-refractivity contribution >= 4 is 22.5 Å². The number of ether oxygens (including phenoxy) is 1. The Morgan fingerprint density at radius 2 is 1.79 bits per heavy atom. The molecule has 8 heteroatoms. The van der Waals surface area contributed by atoms with Crippen LogP contribution in [0.25, 0.3) is 10.8 Å². The van der Waals surface area contributed by atoms with E-state index in [1.165, 1.54) is 12.1 Å². The Morgan fingerprint density at radius 3 is 2.48 bits per heavy atom. The van der Waals surface area contributed by atoms with Crippen molar-refractivity contribution in [3.8, 4) is 0 Å². The minimum absolute atomic E-state index is 0.212. The zero-order valence-electron chi connectivity index (χ0n) is 16.7. The van der Waals surface area contributed by atoms with Crippen molar-refractivity contribution in [2.24, 2.45) is 0 Å². The molecule has 1 aromatic carbocycles. The first-order valence-electron chi connectivity index (χ1n) is 9.41. The first kappa shape index (κ1) is 20.3. The van der Waals surface area contributed by atoms with Crippen molar-refractivity contribution in [2.45, 2.75) is 40.3 Å². The Kier molecular flexibility index (Phi) is 5.81. The number of aromatic nitrogens is 3. The number of H-pyrrole nitrogens is 1. The third-order valence-corrected chi connectivity index (χ3v) is 4.86. The van der Waals surface area contributed by atoms with E-state index in [2.05, 4.69) is 16.6 Å². The van der Waals surface area contributed by atoms with Crippen LogP contribution >= 0.6 is 0 Å². The van der Waals surface area contributed by atoms with E-state index in [0.29, 0.717) is 5.56 Å². The number of nitrogens with one attached hydrogen (secondary N) is 1. The van der Waals surface area contributed by atoms with E-state index in [1.807, 2.05) is 13.8 Å². The molecule has 152 valence electrons. The second kappa shape index (κ2) is 8.30. The van der Waals surface area contributed by atoms with Crippen LogP contribution in [-0.4, -0.2) is 32.7 Å². The molecule has 3 aromatic rings. The van der Waals surface area contributed by atoms with Gasteiger partial charge in [-0.05, 0) is 38.5 Å². The third-order valence-electron chi connectivity index (χ3n) is 4.86. The van der Waals surface area contributed by atoms with Crippen LogP contribution in [0.5, 0.6) is 0 Å². The summed E-state index contributed by atoms with van der Waals surface area (Å²) in [5.74, 6) is -1.10. The molecule has 8 nitrogen and oxygen atoms in total. The van der Waals surface area contributed by atoms with Gasteiger partial charge in [0.15, 0.2) is 6.61 Å². The lowest BCUT2D eigenvalue weighted by Gasteiger charge is -2.09. The van der Waals surface area contributed by atoms with Crippen LogP contribution < -0.4 is 11.1 Å². The van der Waals surface area contributed by atoms with E-state index in [-0.39, 0.29) is 16.6 Å². The molecule has 0 fully saturated rings. The highest BCUT2D eigenvalue weighted by atomic mass is 16.5. The molecule has 0 amide bonds. The second-order valence-electron chi connectivity index (χ2n) is 6.90. The maximum atomic E-state index is 12.5. The largest absolute Gasteiger partial charge is 0.456 e. The molecule has 0 atom stereocenters. The molecule has 2 aromatic heterocycles. The monoisotopic (exact) mass is 397 g/mol. The number of ketones is 1. The highest BCUT2D eigenvalue weighted by molar-refractivity contribution is 5.99. The Balaban J connectivity index is 1.71. The number of aromatic amines is 1. The maximum absolute atomic E-state index is 12.5. The lowest BCUT2D eigenvalue weighted by Crippen LogP contribution is -2.33. The summed E-state index contributed by atoms with van der Waals surface area (Å²) in [7, 11) is 0. The fourth-order valence-corrected chi connectivity index (χ4v) is 3.41. The van der Waals surface area contributed by atoms with Crippen LogP contribution in [-0.2, 0) is 22.6 Å². The van der Waals surface area contributed by atoms with E-state index in [0.717, 1.165) is 29.0 Å². The fourth-order valence-electron chi connectivity index (χ4n) is 3.41. The van der Waals surface area contributed by atoms with E-state index in [9.17, 15) is 19.2 Å². The summed E-state index contributed by atoms with van der Waals surface area (Å²) in [5.41, 5.74) is 1.33. The van der Waals surface area contributed by atoms with Crippen LogP contribution in [0.15, 0.2) is 39.9 Å². The van der Waals surface area contributed by atoms with Gasteiger partial charge in [0, 0.05) is 23.5 Å². The lowest BCUT2D eigenvalue weighted by atomic mass is 10.1. The molecule has 3 rings (SSSR count). The normalized spacial score (nSPS) is 11.0. The van der Waals surface area contributed by atoms with E-state index in [4.69, 9.17) is 4.74 Å². The average Bonchev–Trinajstić information content (AvgIpc) is 2.99.